The number of nitrogens with one attached hydrogen (secondary N) is 1. The standard InChI is InChI=1S/C18H21FN2O3S/c1-14-6-5-7-15(10-14)12-21(25(2,23)24)13-18(22)20-11-16-8-3-4-9-17(16)19/h3-10H,11-13H2,1-2H3,(H,20,22). The van der Waals surface area contributed by atoms with Crippen LogP contribution in [0.15, 0.2) is 48.5 Å². The van der Waals surface area contributed by atoms with Crippen LogP contribution in [0, 0.1) is 12.7 Å². The van der Waals surface area contributed by atoms with Crippen molar-refractivity contribution in [2.45, 2.75) is 20.0 Å². The van der Waals surface area contributed by atoms with Crippen molar-refractivity contribution < 1.29 is 17.6 Å². The van der Waals surface area contributed by atoms with Gasteiger partial charge in [-0.2, -0.15) is 4.31 Å². The highest BCUT2D eigenvalue weighted by molar-refractivity contribution is 7.88. The van der Waals surface area contributed by atoms with E-state index in [4.69, 9.17) is 0 Å². The fourth-order valence-electron chi connectivity index (χ4n) is 2.36. The molecule has 5 nitrogen and oxygen atoms in total. The Hall–Kier alpha value is -2.25. The number of benzene rings is 2. The van der Waals surface area contributed by atoms with Crippen LogP contribution in [0.5, 0.6) is 0 Å². The molecule has 0 radical (unpaired) electrons. The molecule has 0 aliphatic rings. The summed E-state index contributed by atoms with van der Waals surface area (Å²) in [7, 11) is -3.56. The minimum atomic E-state index is -3.56. The summed E-state index contributed by atoms with van der Waals surface area (Å²) in [5.41, 5.74) is 2.16. The van der Waals surface area contributed by atoms with Gasteiger partial charge in [0.2, 0.25) is 15.9 Å². The minimum absolute atomic E-state index is 0.00749. The van der Waals surface area contributed by atoms with Crippen LogP contribution in [-0.2, 0) is 27.9 Å². The Labute approximate surface area is 147 Å². The molecule has 7 heteroatoms. The number of carbonyl (C=O) groups excluding carboxylic acids is 1. The van der Waals surface area contributed by atoms with Crippen LogP contribution >= 0.6 is 0 Å². The molecule has 0 saturated carbocycles. The van der Waals surface area contributed by atoms with E-state index in [1.807, 2.05) is 31.2 Å². The molecule has 0 spiro atoms. The van der Waals surface area contributed by atoms with Gasteiger partial charge in [0.15, 0.2) is 0 Å². The lowest BCUT2D eigenvalue weighted by atomic mass is 10.1. The normalized spacial score (nSPS) is 11.5. The molecule has 1 amide bonds. The number of hydrogen-bond donors (Lipinski definition) is 1. The summed E-state index contributed by atoms with van der Waals surface area (Å²) >= 11 is 0. The third kappa shape index (κ3) is 5.95. The van der Waals surface area contributed by atoms with Crippen molar-refractivity contribution in [1.82, 2.24) is 9.62 Å². The second-order valence-electron chi connectivity index (χ2n) is 5.89. The molecular weight excluding hydrogens is 343 g/mol. The number of hydrogen-bond acceptors (Lipinski definition) is 3. The molecule has 0 fully saturated rings. The maximum absolute atomic E-state index is 13.6. The summed E-state index contributed by atoms with van der Waals surface area (Å²) in [6.07, 6.45) is 1.06. The Morgan fingerprint density at radius 3 is 2.52 bits per heavy atom. The first kappa shape index (κ1) is 19.1. The monoisotopic (exact) mass is 364 g/mol. The van der Waals surface area contributed by atoms with E-state index in [1.165, 1.54) is 6.07 Å². The van der Waals surface area contributed by atoms with E-state index in [0.29, 0.717) is 5.56 Å². The van der Waals surface area contributed by atoms with Gasteiger partial charge >= 0.3 is 0 Å². The van der Waals surface area contributed by atoms with Gasteiger partial charge in [0.1, 0.15) is 5.82 Å². The Morgan fingerprint density at radius 2 is 1.88 bits per heavy atom. The Kier molecular flexibility index (Phi) is 6.27. The smallest absolute Gasteiger partial charge is 0.235 e. The summed E-state index contributed by atoms with van der Waals surface area (Å²) in [6.45, 7) is 1.71. The molecule has 2 aromatic carbocycles. The predicted octanol–water partition coefficient (Wildman–Crippen LogP) is 2.21. The molecule has 134 valence electrons. The van der Waals surface area contributed by atoms with E-state index >= 15 is 0 Å². The van der Waals surface area contributed by atoms with Crippen molar-refractivity contribution in [3.8, 4) is 0 Å². The van der Waals surface area contributed by atoms with Crippen LogP contribution in [0.25, 0.3) is 0 Å². The number of sulfonamides is 1. The minimum Gasteiger partial charge on any atom is -0.351 e. The Balaban J connectivity index is 2.02. The van der Waals surface area contributed by atoms with Crippen LogP contribution in [0.3, 0.4) is 0 Å². The van der Waals surface area contributed by atoms with Crippen LogP contribution in [0.4, 0.5) is 4.39 Å². The summed E-state index contributed by atoms with van der Waals surface area (Å²) < 4.78 is 38.6. The highest BCUT2D eigenvalue weighted by Crippen LogP contribution is 2.11. The highest BCUT2D eigenvalue weighted by atomic mass is 32.2. The summed E-state index contributed by atoms with van der Waals surface area (Å²) in [5, 5.41) is 2.55. The molecule has 2 aromatic rings. The van der Waals surface area contributed by atoms with Gasteiger partial charge in [0.05, 0.1) is 12.8 Å². The van der Waals surface area contributed by atoms with Gasteiger partial charge in [-0.25, -0.2) is 12.8 Å². The first-order valence-corrected chi connectivity index (χ1v) is 9.61. The number of amides is 1. The molecule has 1 N–H and O–H groups in total. The molecule has 0 aliphatic heterocycles. The molecule has 0 bridgehead atoms. The average Bonchev–Trinajstić information content (AvgIpc) is 2.53. The summed E-state index contributed by atoms with van der Waals surface area (Å²) in [6, 6.07) is 13.5. The van der Waals surface area contributed by atoms with E-state index in [-0.39, 0.29) is 19.6 Å². The number of rotatable bonds is 7. The summed E-state index contributed by atoms with van der Waals surface area (Å²) in [4.78, 5) is 12.1. The van der Waals surface area contributed by atoms with Gasteiger partial charge < -0.3 is 5.32 Å². The fraction of sp³-hybridized carbons (Fsp3) is 0.278. The van der Waals surface area contributed by atoms with Crippen molar-refractivity contribution >= 4 is 15.9 Å². The number of halogens is 1. The highest BCUT2D eigenvalue weighted by Gasteiger charge is 2.20. The largest absolute Gasteiger partial charge is 0.351 e. The first-order chi connectivity index (χ1) is 11.8. The maximum Gasteiger partial charge on any atom is 0.235 e. The van der Waals surface area contributed by atoms with Crippen LogP contribution < -0.4 is 5.32 Å². The third-order valence-electron chi connectivity index (χ3n) is 3.66. The lowest BCUT2D eigenvalue weighted by Crippen LogP contribution is -2.39. The van der Waals surface area contributed by atoms with Crippen molar-refractivity contribution in [3.05, 3.63) is 71.0 Å². The summed E-state index contributed by atoms with van der Waals surface area (Å²) in [5.74, 6) is -0.899. The van der Waals surface area contributed by atoms with Crippen LogP contribution in [-0.4, -0.2) is 31.4 Å². The van der Waals surface area contributed by atoms with E-state index in [9.17, 15) is 17.6 Å². The first-order valence-electron chi connectivity index (χ1n) is 7.76. The van der Waals surface area contributed by atoms with Crippen molar-refractivity contribution in [1.29, 1.82) is 0 Å². The van der Waals surface area contributed by atoms with E-state index in [0.717, 1.165) is 21.7 Å². The van der Waals surface area contributed by atoms with E-state index in [1.54, 1.807) is 18.2 Å². The fourth-order valence-corrected chi connectivity index (χ4v) is 3.09. The second-order valence-corrected chi connectivity index (χ2v) is 7.87. The molecule has 0 atom stereocenters. The molecular formula is C18H21FN2O3S. The second kappa shape index (κ2) is 8.22. The molecule has 2 rings (SSSR count). The van der Waals surface area contributed by atoms with Gasteiger partial charge in [0.25, 0.3) is 0 Å². The Morgan fingerprint density at radius 1 is 1.16 bits per heavy atom. The van der Waals surface area contributed by atoms with Crippen LogP contribution in [0.1, 0.15) is 16.7 Å². The molecule has 0 unspecified atom stereocenters. The maximum atomic E-state index is 13.6. The number of aryl methyl sites for hydroxylation is 1. The van der Waals surface area contributed by atoms with Gasteiger partial charge in [-0.15, -0.1) is 0 Å². The predicted molar refractivity (Wildman–Crippen MR) is 94.7 cm³/mol. The van der Waals surface area contributed by atoms with Crippen molar-refractivity contribution in [2.75, 3.05) is 12.8 Å². The lowest BCUT2D eigenvalue weighted by Gasteiger charge is -2.20. The molecule has 0 saturated heterocycles. The lowest BCUT2D eigenvalue weighted by molar-refractivity contribution is -0.121. The van der Waals surface area contributed by atoms with E-state index < -0.39 is 21.7 Å². The van der Waals surface area contributed by atoms with E-state index in [2.05, 4.69) is 5.32 Å². The molecule has 0 aromatic heterocycles. The SMILES string of the molecule is Cc1cccc(CN(CC(=O)NCc2ccccc2F)S(C)(=O)=O)c1. The van der Waals surface area contributed by atoms with Crippen LogP contribution in [0.2, 0.25) is 0 Å². The molecule has 0 heterocycles. The quantitative estimate of drug-likeness (QED) is 0.819. The van der Waals surface area contributed by atoms with Gasteiger partial charge in [-0.3, -0.25) is 4.79 Å². The average molecular weight is 364 g/mol. The zero-order valence-corrected chi connectivity index (χ0v) is 15.0. The zero-order chi connectivity index (χ0) is 18.4. The van der Waals surface area contributed by atoms with Gasteiger partial charge in [-0.05, 0) is 18.6 Å². The van der Waals surface area contributed by atoms with Crippen molar-refractivity contribution in [2.24, 2.45) is 0 Å². The number of nitrogens with zero attached hydrogens (tertiary/aromatic N) is 1. The Bertz CT molecular complexity index is 853. The molecule has 0 aliphatic carbocycles. The van der Waals surface area contributed by atoms with Gasteiger partial charge in [-0.1, -0.05) is 48.0 Å². The topological polar surface area (TPSA) is 66.5 Å². The number of carbonyl (C=O) groups is 1. The third-order valence-corrected chi connectivity index (χ3v) is 4.86. The molecule has 25 heavy (non-hydrogen) atoms. The zero-order valence-electron chi connectivity index (χ0n) is 14.2. The van der Waals surface area contributed by atoms with Crippen molar-refractivity contribution in [3.63, 3.8) is 0 Å². The van der Waals surface area contributed by atoms with Gasteiger partial charge in [0, 0.05) is 18.7 Å².